The van der Waals surface area contributed by atoms with Crippen molar-refractivity contribution in [1.82, 2.24) is 0 Å². The maximum absolute atomic E-state index is 7.00. The molecule has 1 atom stereocenters. The van der Waals surface area contributed by atoms with E-state index in [9.17, 15) is 0 Å². The lowest BCUT2D eigenvalue weighted by Gasteiger charge is -2.46. The Morgan fingerprint density at radius 3 is 1.52 bits per heavy atom. The van der Waals surface area contributed by atoms with Crippen molar-refractivity contribution in [2.45, 2.75) is 123 Å². The van der Waals surface area contributed by atoms with Gasteiger partial charge in [-0.05, 0) is 105 Å². The van der Waals surface area contributed by atoms with Gasteiger partial charge in [-0.1, -0.05) is 189 Å². The normalized spacial score (nSPS) is 15.4. The summed E-state index contributed by atoms with van der Waals surface area (Å²) < 4.78 is 0. The zero-order valence-corrected chi connectivity index (χ0v) is 36.4. The van der Waals surface area contributed by atoms with Gasteiger partial charge in [-0.3, -0.25) is 0 Å². The van der Waals surface area contributed by atoms with Gasteiger partial charge in [-0.15, -0.1) is 12.8 Å². The highest BCUT2D eigenvalue weighted by atomic mass is 16.2. The molecule has 0 radical (unpaired) electrons. The molecule has 4 rings (SSSR count). The Morgan fingerprint density at radius 1 is 0.712 bits per heavy atom. The van der Waals surface area contributed by atoms with Gasteiger partial charge in [0.15, 0.2) is 0 Å². The number of hydrogen-bond donors (Lipinski definition) is 1. The molecule has 0 aromatic heterocycles. The van der Waals surface area contributed by atoms with Gasteiger partial charge in [0.25, 0.3) is 0 Å². The van der Waals surface area contributed by atoms with E-state index in [1.165, 1.54) is 50.9 Å². The first-order chi connectivity index (χ1) is 24.6. The number of benzene rings is 3. The lowest BCUT2D eigenvalue weighted by molar-refractivity contribution is 0.310. The monoisotopic (exact) mass is 705 g/mol. The lowest BCUT2D eigenvalue weighted by Crippen LogP contribution is -2.33. The average Bonchev–Trinajstić information content (AvgIpc) is 3.15. The minimum atomic E-state index is 0.0871. The average molecular weight is 705 g/mol. The summed E-state index contributed by atoms with van der Waals surface area (Å²) in [6.07, 6.45) is 16.4. The predicted octanol–water partition coefficient (Wildman–Crippen LogP) is 15.6. The van der Waals surface area contributed by atoms with Gasteiger partial charge in [0.2, 0.25) is 0 Å². The Morgan fingerprint density at radius 2 is 1.17 bits per heavy atom. The molecule has 52 heavy (non-hydrogen) atoms. The van der Waals surface area contributed by atoms with E-state index in [1.807, 2.05) is 53.7 Å². The minimum Gasteiger partial charge on any atom is -0.400 e. The molecular formula is C51H76O. The molecule has 1 aliphatic carbocycles. The van der Waals surface area contributed by atoms with Gasteiger partial charge in [0.05, 0.1) is 0 Å². The summed E-state index contributed by atoms with van der Waals surface area (Å²) in [5.41, 5.74) is 15.8. The number of rotatable bonds is 6. The molecular weight excluding hydrogens is 629 g/mol. The van der Waals surface area contributed by atoms with Crippen LogP contribution in [0.15, 0.2) is 104 Å². The number of hydrogen-bond acceptors (Lipinski definition) is 1. The zero-order chi connectivity index (χ0) is 41.2. The predicted molar refractivity (Wildman–Crippen MR) is 242 cm³/mol. The van der Waals surface area contributed by atoms with Crippen molar-refractivity contribution in [3.8, 4) is 12.8 Å². The summed E-state index contributed by atoms with van der Waals surface area (Å²) in [4.78, 5) is 0. The second-order valence-electron chi connectivity index (χ2n) is 13.4. The van der Waals surface area contributed by atoms with Crippen molar-refractivity contribution in [1.29, 1.82) is 0 Å². The fraction of sp³-hybridized carbons (Fsp3) is 0.412. The van der Waals surface area contributed by atoms with E-state index in [0.29, 0.717) is 5.41 Å². The Balaban J connectivity index is -0.000000694. The number of aliphatic hydroxyl groups excluding tert-OH is 1. The summed E-state index contributed by atoms with van der Waals surface area (Å²) >= 11 is 0. The van der Waals surface area contributed by atoms with E-state index >= 15 is 0 Å². The number of terminal acetylenes is 1. The van der Waals surface area contributed by atoms with Crippen LogP contribution in [0.5, 0.6) is 0 Å². The van der Waals surface area contributed by atoms with Crippen LogP contribution in [0, 0.1) is 44.4 Å². The summed E-state index contributed by atoms with van der Waals surface area (Å²) in [6.45, 7) is 44.2. The SMILES string of the molecule is C#C.C=C(C)c1ccc(C2=CCC(C)(CC)/C(=C\CC)C2(C)C)cc1.C=C(C)c1ccccc1C(=C)C.CC.CC.CO.Cc1ccc(C)c(C)c1. The highest BCUT2D eigenvalue weighted by Gasteiger charge is 2.41. The minimum absolute atomic E-state index is 0.0871. The molecule has 3 aromatic rings. The van der Waals surface area contributed by atoms with Crippen molar-refractivity contribution < 1.29 is 5.11 Å². The molecule has 0 saturated heterocycles. The molecule has 286 valence electrons. The molecule has 0 spiro atoms. The first-order valence-corrected chi connectivity index (χ1v) is 19.0. The van der Waals surface area contributed by atoms with Gasteiger partial charge >= 0.3 is 0 Å². The van der Waals surface area contributed by atoms with Crippen LogP contribution in [0.4, 0.5) is 0 Å². The molecule has 1 aliphatic rings. The fourth-order valence-electron chi connectivity index (χ4n) is 6.16. The first-order valence-electron chi connectivity index (χ1n) is 19.0. The fourth-order valence-corrected chi connectivity index (χ4v) is 6.16. The smallest absolute Gasteiger partial charge is 0.0319 e. The molecule has 0 bridgehead atoms. The van der Waals surface area contributed by atoms with Crippen LogP contribution in [-0.2, 0) is 0 Å². The number of allylic oxidation sites excluding steroid dienone is 7. The van der Waals surface area contributed by atoms with Crippen LogP contribution in [0.25, 0.3) is 22.3 Å². The van der Waals surface area contributed by atoms with Crippen LogP contribution in [-0.4, -0.2) is 12.2 Å². The van der Waals surface area contributed by atoms with Crippen molar-refractivity contribution in [2.24, 2.45) is 10.8 Å². The highest BCUT2D eigenvalue weighted by Crippen LogP contribution is 2.55. The van der Waals surface area contributed by atoms with Crippen molar-refractivity contribution in [3.63, 3.8) is 0 Å². The van der Waals surface area contributed by atoms with Crippen LogP contribution in [0.2, 0.25) is 0 Å². The van der Waals surface area contributed by atoms with E-state index in [2.05, 4.69) is 162 Å². The Kier molecular flexibility index (Phi) is 27.6. The molecule has 1 unspecified atom stereocenters. The molecule has 0 amide bonds. The second-order valence-corrected chi connectivity index (χ2v) is 13.4. The van der Waals surface area contributed by atoms with Gasteiger partial charge in [0, 0.05) is 12.5 Å². The van der Waals surface area contributed by atoms with Crippen LogP contribution < -0.4 is 0 Å². The third-order valence-electron chi connectivity index (χ3n) is 9.14. The molecule has 1 N–H and O–H groups in total. The van der Waals surface area contributed by atoms with Gasteiger partial charge in [0.1, 0.15) is 0 Å². The third-order valence-corrected chi connectivity index (χ3v) is 9.14. The molecule has 0 saturated carbocycles. The van der Waals surface area contributed by atoms with E-state index in [4.69, 9.17) is 5.11 Å². The molecule has 3 aromatic carbocycles. The molecule has 0 fully saturated rings. The summed E-state index contributed by atoms with van der Waals surface area (Å²) in [6, 6.07) is 23.6. The molecule has 1 nitrogen and oxygen atoms in total. The van der Waals surface area contributed by atoms with E-state index in [0.717, 1.165) is 36.7 Å². The standard InChI is InChI=1S/C23H32.C12H14.C9H12.2C2H6.C2H2.CH4O/c1-8-10-21-22(5,6)20(15-16-23(21,7)9-2)19-13-11-18(12-14-19)17(3)4;1-9(2)11-7-5-6-8-12(11)10(3)4;1-7-4-5-8(2)9(3)6-7;4*1-2/h10-15H,3,8-9,16H2,1-2,4-7H3;5-8H,1,3H2,2,4H3;4-6H,1-3H3;2*1-2H3;1-2H;2H,1H3/b21-10-;;;;;;. The Bertz CT molecular complexity index is 1540. The second kappa shape index (κ2) is 27.5. The van der Waals surface area contributed by atoms with Crippen LogP contribution >= 0.6 is 0 Å². The quantitative estimate of drug-likeness (QED) is 0.200. The number of aryl methyl sites for hydroxylation is 3. The van der Waals surface area contributed by atoms with Crippen LogP contribution in [0.1, 0.15) is 141 Å². The first kappa shape index (κ1) is 52.2. The highest BCUT2D eigenvalue weighted by molar-refractivity contribution is 5.77. The van der Waals surface area contributed by atoms with Gasteiger partial charge in [-0.2, -0.15) is 0 Å². The van der Waals surface area contributed by atoms with Gasteiger partial charge < -0.3 is 5.11 Å². The lowest BCUT2D eigenvalue weighted by atomic mass is 9.58. The Hall–Kier alpha value is -4.12. The maximum Gasteiger partial charge on any atom is 0.0319 e. The van der Waals surface area contributed by atoms with Crippen molar-refractivity contribution >= 4 is 22.3 Å². The van der Waals surface area contributed by atoms with Crippen molar-refractivity contribution in [2.75, 3.05) is 7.11 Å². The molecule has 0 aliphatic heterocycles. The topological polar surface area (TPSA) is 20.2 Å². The Labute approximate surface area is 323 Å². The van der Waals surface area contributed by atoms with Crippen molar-refractivity contribution in [3.05, 3.63) is 143 Å². The largest absolute Gasteiger partial charge is 0.400 e. The molecule has 1 heteroatoms. The van der Waals surface area contributed by atoms with Crippen LogP contribution in [0.3, 0.4) is 0 Å². The molecule has 0 heterocycles. The maximum atomic E-state index is 7.00. The van der Waals surface area contributed by atoms with E-state index in [1.54, 1.807) is 5.57 Å². The summed E-state index contributed by atoms with van der Waals surface area (Å²) in [5.74, 6) is 0. The van der Waals surface area contributed by atoms with E-state index < -0.39 is 0 Å². The number of aliphatic hydroxyl groups is 1. The third kappa shape index (κ3) is 16.0. The van der Waals surface area contributed by atoms with E-state index in [-0.39, 0.29) is 5.41 Å². The summed E-state index contributed by atoms with van der Waals surface area (Å²) in [7, 11) is 1.00. The zero-order valence-electron chi connectivity index (χ0n) is 36.4. The van der Waals surface area contributed by atoms with Gasteiger partial charge in [-0.25, -0.2) is 0 Å². The summed E-state index contributed by atoms with van der Waals surface area (Å²) in [5, 5.41) is 7.00.